The molecule has 2 aromatic carbocycles. The lowest BCUT2D eigenvalue weighted by Gasteiger charge is -2.05. The summed E-state index contributed by atoms with van der Waals surface area (Å²) in [6, 6.07) is 18.1. The predicted molar refractivity (Wildman–Crippen MR) is 83.2 cm³/mol. The van der Waals surface area contributed by atoms with Gasteiger partial charge in [-0.1, -0.05) is 42.5 Å². The number of thioether (sulfide) groups is 1. The van der Waals surface area contributed by atoms with Crippen LogP contribution in [0, 0.1) is 0 Å². The van der Waals surface area contributed by atoms with Crippen molar-refractivity contribution in [3.05, 3.63) is 70.7 Å². The lowest BCUT2D eigenvalue weighted by atomic mass is 10.2. The Morgan fingerprint density at radius 3 is 2.52 bits per heavy atom. The quantitative estimate of drug-likeness (QED) is 0.693. The van der Waals surface area contributed by atoms with Gasteiger partial charge in [0.2, 0.25) is 0 Å². The number of aryl methyl sites for hydroxylation is 1. The van der Waals surface area contributed by atoms with Gasteiger partial charge < -0.3 is 4.42 Å². The van der Waals surface area contributed by atoms with Crippen LogP contribution in [-0.4, -0.2) is 9.78 Å². The fourth-order valence-corrected chi connectivity index (χ4v) is 2.96. The summed E-state index contributed by atoms with van der Waals surface area (Å²) in [6.07, 6.45) is 0. The van der Waals surface area contributed by atoms with E-state index in [1.54, 1.807) is 18.8 Å². The predicted octanol–water partition coefficient (Wildman–Crippen LogP) is 3.33. The fraction of sp³-hybridized carbons (Fsp3) is 0.125. The van der Waals surface area contributed by atoms with Gasteiger partial charge in [-0.25, -0.2) is 4.79 Å². The summed E-state index contributed by atoms with van der Waals surface area (Å²) in [7, 11) is 1.58. The molecule has 21 heavy (non-hydrogen) atoms. The Morgan fingerprint density at radius 2 is 1.81 bits per heavy atom. The van der Waals surface area contributed by atoms with Crippen molar-refractivity contribution < 1.29 is 4.42 Å². The van der Waals surface area contributed by atoms with E-state index in [0.717, 1.165) is 16.2 Å². The minimum absolute atomic E-state index is 0.360. The lowest BCUT2D eigenvalue weighted by molar-refractivity contribution is 0.504. The molecule has 0 atom stereocenters. The molecular weight excluding hydrogens is 284 g/mol. The number of benzene rings is 2. The van der Waals surface area contributed by atoms with Crippen molar-refractivity contribution in [2.24, 2.45) is 7.05 Å². The van der Waals surface area contributed by atoms with E-state index in [1.807, 2.05) is 42.5 Å². The molecule has 106 valence electrons. The summed E-state index contributed by atoms with van der Waals surface area (Å²) in [5.74, 6) is 0.765. The fourth-order valence-electron chi connectivity index (χ4n) is 1.96. The second-order valence-corrected chi connectivity index (χ2v) is 5.58. The van der Waals surface area contributed by atoms with Crippen LogP contribution < -0.4 is 5.76 Å². The first kappa shape index (κ1) is 13.7. The topological polar surface area (TPSA) is 48.0 Å². The molecule has 0 bridgehead atoms. The van der Waals surface area contributed by atoms with Crippen molar-refractivity contribution in [3.8, 4) is 11.5 Å². The van der Waals surface area contributed by atoms with Crippen LogP contribution >= 0.6 is 11.8 Å². The highest BCUT2D eigenvalue weighted by molar-refractivity contribution is 7.98. The summed E-state index contributed by atoms with van der Waals surface area (Å²) >= 11 is 1.70. The molecule has 0 aliphatic heterocycles. The minimum Gasteiger partial charge on any atom is -0.388 e. The van der Waals surface area contributed by atoms with Crippen LogP contribution in [0.1, 0.15) is 5.56 Å². The molecule has 0 amide bonds. The zero-order valence-electron chi connectivity index (χ0n) is 11.5. The Kier molecular flexibility index (Phi) is 3.92. The molecule has 0 radical (unpaired) electrons. The van der Waals surface area contributed by atoms with Crippen molar-refractivity contribution in [1.82, 2.24) is 9.78 Å². The highest BCUT2D eigenvalue weighted by Gasteiger charge is 2.12. The van der Waals surface area contributed by atoms with Gasteiger partial charge in [0.05, 0.1) is 5.56 Å². The summed E-state index contributed by atoms with van der Waals surface area (Å²) in [5.41, 5.74) is 2.09. The standard InChI is InChI=1S/C16H14N2O2S/c1-18-16(19)20-15(17-18)13-9-5-6-10-14(13)21-11-12-7-3-2-4-8-12/h2-10H,11H2,1H3. The van der Waals surface area contributed by atoms with Gasteiger partial charge in [0.1, 0.15) is 0 Å². The van der Waals surface area contributed by atoms with Crippen LogP contribution in [0.25, 0.3) is 11.5 Å². The van der Waals surface area contributed by atoms with Gasteiger partial charge in [-0.2, -0.15) is 4.68 Å². The normalized spacial score (nSPS) is 10.7. The van der Waals surface area contributed by atoms with Crippen molar-refractivity contribution in [2.75, 3.05) is 0 Å². The number of rotatable bonds is 4. The number of aromatic nitrogens is 2. The molecule has 0 aliphatic carbocycles. The number of hydrogen-bond donors (Lipinski definition) is 0. The SMILES string of the molecule is Cn1nc(-c2ccccc2SCc2ccccc2)oc1=O. The van der Waals surface area contributed by atoms with Crippen molar-refractivity contribution in [3.63, 3.8) is 0 Å². The molecule has 3 aromatic rings. The Morgan fingerprint density at radius 1 is 1.10 bits per heavy atom. The Balaban J connectivity index is 1.88. The van der Waals surface area contributed by atoms with Crippen LogP contribution in [0.15, 0.2) is 68.7 Å². The number of nitrogens with zero attached hydrogens (tertiary/aromatic N) is 2. The van der Waals surface area contributed by atoms with Crippen molar-refractivity contribution >= 4 is 11.8 Å². The lowest BCUT2D eigenvalue weighted by Crippen LogP contribution is -2.09. The van der Waals surface area contributed by atoms with Gasteiger partial charge in [-0.05, 0) is 17.7 Å². The molecule has 0 saturated carbocycles. The Hall–Kier alpha value is -2.27. The molecule has 0 aliphatic rings. The van der Waals surface area contributed by atoms with E-state index < -0.39 is 5.76 Å². The van der Waals surface area contributed by atoms with Crippen LogP contribution in [0.5, 0.6) is 0 Å². The summed E-state index contributed by atoms with van der Waals surface area (Å²) < 4.78 is 6.38. The average Bonchev–Trinajstić information content (AvgIpc) is 2.86. The molecule has 0 saturated heterocycles. The van der Waals surface area contributed by atoms with Crippen LogP contribution in [-0.2, 0) is 12.8 Å². The maximum Gasteiger partial charge on any atom is 0.437 e. The van der Waals surface area contributed by atoms with Crippen molar-refractivity contribution in [1.29, 1.82) is 0 Å². The second-order valence-electron chi connectivity index (χ2n) is 4.57. The van der Waals surface area contributed by atoms with Gasteiger partial charge in [-0.3, -0.25) is 0 Å². The third-order valence-corrected chi connectivity index (χ3v) is 4.19. The molecule has 0 spiro atoms. The van der Waals surface area contributed by atoms with Crippen molar-refractivity contribution in [2.45, 2.75) is 10.6 Å². The summed E-state index contributed by atoms with van der Waals surface area (Å²) in [6.45, 7) is 0. The van der Waals surface area contributed by atoms with E-state index in [1.165, 1.54) is 10.2 Å². The van der Waals surface area contributed by atoms with Gasteiger partial charge in [0.15, 0.2) is 0 Å². The second kappa shape index (κ2) is 6.01. The third-order valence-electron chi connectivity index (χ3n) is 3.04. The van der Waals surface area contributed by atoms with Gasteiger partial charge >= 0.3 is 5.76 Å². The van der Waals surface area contributed by atoms with Crippen LogP contribution in [0.3, 0.4) is 0 Å². The maximum absolute atomic E-state index is 11.4. The van der Waals surface area contributed by atoms with E-state index >= 15 is 0 Å². The minimum atomic E-state index is -0.451. The molecule has 5 heteroatoms. The summed E-state index contributed by atoms with van der Waals surface area (Å²) in [4.78, 5) is 12.5. The molecule has 0 N–H and O–H groups in total. The highest BCUT2D eigenvalue weighted by Crippen LogP contribution is 2.31. The smallest absolute Gasteiger partial charge is 0.388 e. The molecular formula is C16H14N2O2S. The average molecular weight is 298 g/mol. The molecule has 4 nitrogen and oxygen atoms in total. The van der Waals surface area contributed by atoms with E-state index in [4.69, 9.17) is 4.42 Å². The molecule has 0 fully saturated rings. The van der Waals surface area contributed by atoms with Crippen LogP contribution in [0.2, 0.25) is 0 Å². The molecule has 3 rings (SSSR count). The molecule has 1 aromatic heterocycles. The zero-order valence-corrected chi connectivity index (χ0v) is 12.3. The number of hydrogen-bond acceptors (Lipinski definition) is 4. The first-order valence-electron chi connectivity index (χ1n) is 6.54. The van der Waals surface area contributed by atoms with Gasteiger partial charge in [0.25, 0.3) is 5.89 Å². The van der Waals surface area contributed by atoms with Gasteiger partial charge in [0, 0.05) is 17.7 Å². The third kappa shape index (κ3) is 3.08. The first-order valence-corrected chi connectivity index (χ1v) is 7.53. The van der Waals surface area contributed by atoms with E-state index in [0.29, 0.717) is 5.89 Å². The molecule has 1 heterocycles. The Bertz CT molecular complexity index is 793. The monoisotopic (exact) mass is 298 g/mol. The van der Waals surface area contributed by atoms with E-state index in [9.17, 15) is 4.79 Å². The van der Waals surface area contributed by atoms with Gasteiger partial charge in [-0.15, -0.1) is 16.9 Å². The highest BCUT2D eigenvalue weighted by atomic mass is 32.2. The first-order chi connectivity index (χ1) is 10.2. The zero-order chi connectivity index (χ0) is 14.7. The molecule has 0 unspecified atom stereocenters. The maximum atomic E-state index is 11.4. The van der Waals surface area contributed by atoms with E-state index in [-0.39, 0.29) is 0 Å². The van der Waals surface area contributed by atoms with Crippen LogP contribution in [0.4, 0.5) is 0 Å². The summed E-state index contributed by atoms with van der Waals surface area (Å²) in [5, 5.41) is 4.12. The van der Waals surface area contributed by atoms with E-state index in [2.05, 4.69) is 17.2 Å². The Labute approximate surface area is 126 Å². The largest absolute Gasteiger partial charge is 0.437 e.